The van der Waals surface area contributed by atoms with Crippen molar-refractivity contribution in [3.8, 4) is 0 Å². The van der Waals surface area contributed by atoms with Gasteiger partial charge in [-0.1, -0.05) is 45.4 Å². The third-order valence-corrected chi connectivity index (χ3v) is 5.07. The van der Waals surface area contributed by atoms with E-state index in [2.05, 4.69) is 6.92 Å². The number of hydrogen-bond acceptors (Lipinski definition) is 6. The fourth-order valence-electron chi connectivity index (χ4n) is 3.57. The minimum absolute atomic E-state index is 0.0970. The lowest BCUT2D eigenvalue weighted by molar-refractivity contribution is -0.151. The van der Waals surface area contributed by atoms with Gasteiger partial charge in [0.2, 0.25) is 0 Å². The van der Waals surface area contributed by atoms with E-state index in [9.17, 15) is 14.4 Å². The number of rotatable bonds is 19. The quantitative estimate of drug-likeness (QED) is 0.145. The van der Waals surface area contributed by atoms with E-state index in [0.29, 0.717) is 19.4 Å². The maximum Gasteiger partial charge on any atom is 0.305 e. The number of carbonyl (C=O) groups is 3. The molecule has 0 aliphatic rings. The van der Waals surface area contributed by atoms with Crippen LogP contribution in [0.4, 0.5) is 0 Å². The average molecular weight is 429 g/mol. The fraction of sp³-hybridized carbons (Fsp3) is 0.875. The second kappa shape index (κ2) is 19.4. The van der Waals surface area contributed by atoms with Crippen molar-refractivity contribution in [1.82, 2.24) is 0 Å². The van der Waals surface area contributed by atoms with Gasteiger partial charge in [-0.15, -0.1) is 0 Å². The molecule has 0 N–H and O–H groups in total. The molecule has 0 bridgehead atoms. The topological polar surface area (TPSA) is 78.9 Å². The zero-order valence-electron chi connectivity index (χ0n) is 19.7. The van der Waals surface area contributed by atoms with E-state index in [0.717, 1.165) is 64.2 Å². The van der Waals surface area contributed by atoms with Gasteiger partial charge in [-0.25, -0.2) is 0 Å². The Morgan fingerprint density at radius 1 is 0.633 bits per heavy atom. The van der Waals surface area contributed by atoms with Gasteiger partial charge in [-0.2, -0.15) is 0 Å². The molecule has 0 spiro atoms. The molecular weight excluding hydrogens is 384 g/mol. The highest BCUT2D eigenvalue weighted by atomic mass is 16.5. The number of carbonyl (C=O) groups excluding carboxylic acids is 3. The molecular formula is C24H44O6. The maximum atomic E-state index is 11.5. The number of esters is 3. The van der Waals surface area contributed by atoms with Crippen LogP contribution in [0.25, 0.3) is 0 Å². The molecule has 0 aromatic carbocycles. The van der Waals surface area contributed by atoms with E-state index in [1.54, 1.807) is 0 Å². The van der Waals surface area contributed by atoms with Crippen LogP contribution in [0.1, 0.15) is 118 Å². The minimum Gasteiger partial charge on any atom is -0.466 e. The van der Waals surface area contributed by atoms with Crippen molar-refractivity contribution in [2.24, 2.45) is 0 Å². The van der Waals surface area contributed by atoms with Gasteiger partial charge in [-0.3, -0.25) is 14.4 Å². The molecule has 0 radical (unpaired) electrons. The third-order valence-electron chi connectivity index (χ3n) is 5.07. The molecule has 0 aliphatic carbocycles. The van der Waals surface area contributed by atoms with Crippen LogP contribution in [-0.2, 0) is 28.6 Å². The molecule has 0 aromatic rings. The summed E-state index contributed by atoms with van der Waals surface area (Å²) < 4.78 is 15.9. The van der Waals surface area contributed by atoms with E-state index < -0.39 is 0 Å². The largest absolute Gasteiger partial charge is 0.466 e. The summed E-state index contributed by atoms with van der Waals surface area (Å²) in [5, 5.41) is 0. The van der Waals surface area contributed by atoms with Gasteiger partial charge < -0.3 is 14.2 Å². The molecule has 0 aliphatic heterocycles. The standard InChI is InChI=1S/C24H44O6/c1-5-7-8-12-15-22(29-20(3)25)18-19-23(30-21(4)26)16-13-10-9-11-14-17-24(27)28-6-2/h22-23H,5-19H2,1-4H3. The second-order valence-corrected chi connectivity index (χ2v) is 8.00. The van der Waals surface area contributed by atoms with Crippen LogP contribution in [0.3, 0.4) is 0 Å². The van der Waals surface area contributed by atoms with Crippen molar-refractivity contribution in [1.29, 1.82) is 0 Å². The number of ether oxygens (including phenoxy) is 3. The Labute approximate surface area is 183 Å². The van der Waals surface area contributed by atoms with Crippen molar-refractivity contribution >= 4 is 17.9 Å². The van der Waals surface area contributed by atoms with Crippen molar-refractivity contribution in [3.05, 3.63) is 0 Å². The van der Waals surface area contributed by atoms with Crippen molar-refractivity contribution in [3.63, 3.8) is 0 Å². The minimum atomic E-state index is -0.263. The Kier molecular flexibility index (Phi) is 18.4. The Balaban J connectivity index is 4.20. The third kappa shape index (κ3) is 18.4. The van der Waals surface area contributed by atoms with Crippen LogP contribution >= 0.6 is 0 Å². The van der Waals surface area contributed by atoms with Gasteiger partial charge in [0, 0.05) is 20.3 Å². The van der Waals surface area contributed by atoms with Gasteiger partial charge in [0.05, 0.1) is 6.61 Å². The lowest BCUT2D eigenvalue weighted by atomic mass is 10.00. The summed E-state index contributed by atoms with van der Waals surface area (Å²) in [6.45, 7) is 7.32. The van der Waals surface area contributed by atoms with Crippen molar-refractivity contribution in [2.45, 2.75) is 130 Å². The summed E-state index contributed by atoms with van der Waals surface area (Å²) in [6, 6.07) is 0. The molecule has 30 heavy (non-hydrogen) atoms. The molecule has 0 saturated heterocycles. The molecule has 0 heterocycles. The molecule has 0 rings (SSSR count). The van der Waals surface area contributed by atoms with E-state index >= 15 is 0 Å². The maximum absolute atomic E-state index is 11.5. The highest BCUT2D eigenvalue weighted by Crippen LogP contribution is 2.19. The predicted molar refractivity (Wildman–Crippen MR) is 118 cm³/mol. The predicted octanol–water partition coefficient (Wildman–Crippen LogP) is 5.89. The molecule has 0 saturated carbocycles. The molecule has 2 unspecified atom stereocenters. The van der Waals surface area contributed by atoms with Gasteiger partial charge in [0.25, 0.3) is 0 Å². The zero-order valence-corrected chi connectivity index (χ0v) is 19.7. The normalized spacial score (nSPS) is 12.8. The Bertz CT molecular complexity index is 463. The van der Waals surface area contributed by atoms with Gasteiger partial charge in [-0.05, 0) is 51.9 Å². The van der Waals surface area contributed by atoms with Crippen molar-refractivity contribution < 1.29 is 28.6 Å². The zero-order chi connectivity index (χ0) is 22.6. The van der Waals surface area contributed by atoms with Gasteiger partial charge >= 0.3 is 17.9 Å². The summed E-state index contributed by atoms with van der Waals surface area (Å²) in [5.41, 5.74) is 0. The second-order valence-electron chi connectivity index (χ2n) is 8.00. The van der Waals surface area contributed by atoms with E-state index in [1.807, 2.05) is 6.92 Å². The molecule has 2 atom stereocenters. The smallest absolute Gasteiger partial charge is 0.305 e. The SMILES string of the molecule is CCCCCCC(CCC(CCCCCCCC(=O)OCC)OC(C)=O)OC(C)=O. The van der Waals surface area contributed by atoms with Crippen LogP contribution in [0.5, 0.6) is 0 Å². The molecule has 176 valence electrons. The molecule has 6 heteroatoms. The number of hydrogen-bond donors (Lipinski definition) is 0. The first-order valence-electron chi connectivity index (χ1n) is 11.9. The fourth-order valence-corrected chi connectivity index (χ4v) is 3.57. The number of unbranched alkanes of at least 4 members (excludes halogenated alkanes) is 7. The first-order valence-corrected chi connectivity index (χ1v) is 11.9. The van der Waals surface area contributed by atoms with Crippen LogP contribution in [0.2, 0.25) is 0 Å². The summed E-state index contributed by atoms with van der Waals surface area (Å²) in [6.07, 6.45) is 12.9. The summed E-state index contributed by atoms with van der Waals surface area (Å²) in [5.74, 6) is -0.631. The average Bonchev–Trinajstić information content (AvgIpc) is 2.67. The summed E-state index contributed by atoms with van der Waals surface area (Å²) >= 11 is 0. The highest BCUT2D eigenvalue weighted by molar-refractivity contribution is 5.69. The van der Waals surface area contributed by atoms with E-state index in [-0.39, 0.29) is 30.1 Å². The lowest BCUT2D eigenvalue weighted by Crippen LogP contribution is -2.22. The van der Waals surface area contributed by atoms with Crippen LogP contribution in [0, 0.1) is 0 Å². The van der Waals surface area contributed by atoms with Crippen LogP contribution < -0.4 is 0 Å². The summed E-state index contributed by atoms with van der Waals surface area (Å²) in [4.78, 5) is 34.2. The lowest BCUT2D eigenvalue weighted by Gasteiger charge is -2.21. The Morgan fingerprint density at radius 2 is 1.10 bits per heavy atom. The van der Waals surface area contributed by atoms with Crippen LogP contribution in [0.15, 0.2) is 0 Å². The first-order chi connectivity index (χ1) is 14.4. The Morgan fingerprint density at radius 3 is 1.57 bits per heavy atom. The monoisotopic (exact) mass is 428 g/mol. The van der Waals surface area contributed by atoms with E-state index in [1.165, 1.54) is 26.7 Å². The van der Waals surface area contributed by atoms with Gasteiger partial charge in [0.1, 0.15) is 12.2 Å². The first kappa shape index (κ1) is 28.4. The molecule has 0 amide bonds. The summed E-state index contributed by atoms with van der Waals surface area (Å²) in [7, 11) is 0. The van der Waals surface area contributed by atoms with Crippen molar-refractivity contribution in [2.75, 3.05) is 6.61 Å². The molecule has 0 fully saturated rings. The highest BCUT2D eigenvalue weighted by Gasteiger charge is 2.18. The van der Waals surface area contributed by atoms with Crippen LogP contribution in [-0.4, -0.2) is 36.7 Å². The molecule has 0 aromatic heterocycles. The Hall–Kier alpha value is -1.59. The molecule has 6 nitrogen and oxygen atoms in total. The van der Waals surface area contributed by atoms with Gasteiger partial charge in [0.15, 0.2) is 0 Å². The van der Waals surface area contributed by atoms with E-state index in [4.69, 9.17) is 14.2 Å².